The van der Waals surface area contributed by atoms with Gasteiger partial charge in [-0.3, -0.25) is 0 Å². The van der Waals surface area contributed by atoms with E-state index in [1.54, 1.807) is 13.0 Å². The average molecular weight is 198 g/mol. The first-order valence-corrected chi connectivity index (χ1v) is 4.41. The molecule has 0 amide bonds. The van der Waals surface area contributed by atoms with Crippen molar-refractivity contribution in [2.75, 3.05) is 6.61 Å². The summed E-state index contributed by atoms with van der Waals surface area (Å²) in [5.41, 5.74) is 0. The van der Waals surface area contributed by atoms with Crippen LogP contribution in [0.15, 0.2) is 24.5 Å². The third-order valence-electron chi connectivity index (χ3n) is 1.16. The molecular formula is C10H14O4. The molecule has 0 aromatic heterocycles. The number of carbonyl (C=O) groups is 2. The first kappa shape index (κ1) is 12.4. The number of ether oxygens (including phenoxy) is 2. The van der Waals surface area contributed by atoms with Crippen molar-refractivity contribution in [3.05, 3.63) is 24.5 Å². The number of hydrogen-bond acceptors (Lipinski definition) is 4. The molecule has 0 radical (unpaired) electrons. The van der Waals surface area contributed by atoms with Gasteiger partial charge < -0.3 is 9.47 Å². The summed E-state index contributed by atoms with van der Waals surface area (Å²) in [4.78, 5) is 21.6. The Balaban J connectivity index is 3.81. The van der Waals surface area contributed by atoms with Gasteiger partial charge >= 0.3 is 11.9 Å². The maximum atomic E-state index is 10.9. The maximum Gasteiger partial charge on any atom is 0.335 e. The molecule has 0 aliphatic carbocycles. The molecule has 4 heteroatoms. The zero-order valence-electron chi connectivity index (χ0n) is 8.36. The average Bonchev–Trinajstić information content (AvgIpc) is 2.16. The van der Waals surface area contributed by atoms with Gasteiger partial charge in [-0.05, 0) is 19.4 Å². The Labute approximate surface area is 83.2 Å². The number of carbonyl (C=O) groups excluding carboxylic acids is 2. The van der Waals surface area contributed by atoms with E-state index in [9.17, 15) is 9.59 Å². The second-order valence-electron chi connectivity index (χ2n) is 2.30. The molecule has 0 saturated heterocycles. The molecule has 78 valence electrons. The SMILES string of the molecule is CCC=COC(=O)/C=C\C(=O)OCC. The Morgan fingerprint density at radius 1 is 1.14 bits per heavy atom. The summed E-state index contributed by atoms with van der Waals surface area (Å²) in [7, 11) is 0. The molecule has 0 aliphatic heterocycles. The molecule has 14 heavy (non-hydrogen) atoms. The lowest BCUT2D eigenvalue weighted by molar-refractivity contribution is -0.138. The third kappa shape index (κ3) is 7.09. The Morgan fingerprint density at radius 2 is 1.79 bits per heavy atom. The number of rotatable bonds is 5. The van der Waals surface area contributed by atoms with E-state index in [0.29, 0.717) is 0 Å². The normalized spacial score (nSPS) is 10.7. The Hall–Kier alpha value is -1.58. The highest BCUT2D eigenvalue weighted by Gasteiger charge is 1.97. The molecule has 0 bridgehead atoms. The fourth-order valence-electron chi connectivity index (χ4n) is 0.577. The van der Waals surface area contributed by atoms with E-state index in [2.05, 4.69) is 9.47 Å². The van der Waals surface area contributed by atoms with Gasteiger partial charge in [-0.25, -0.2) is 9.59 Å². The van der Waals surface area contributed by atoms with Crippen LogP contribution in [0.1, 0.15) is 20.3 Å². The van der Waals surface area contributed by atoms with Crippen molar-refractivity contribution in [3.63, 3.8) is 0 Å². The van der Waals surface area contributed by atoms with Crippen molar-refractivity contribution in [1.29, 1.82) is 0 Å². The molecule has 0 saturated carbocycles. The highest BCUT2D eigenvalue weighted by Crippen LogP contribution is 1.87. The summed E-state index contributed by atoms with van der Waals surface area (Å²) >= 11 is 0. The summed E-state index contributed by atoms with van der Waals surface area (Å²) in [6.45, 7) is 3.89. The van der Waals surface area contributed by atoms with Crippen LogP contribution < -0.4 is 0 Å². The van der Waals surface area contributed by atoms with Crippen LogP contribution in [0, 0.1) is 0 Å². The van der Waals surface area contributed by atoms with Crippen LogP contribution in [0.4, 0.5) is 0 Å². The number of allylic oxidation sites excluding steroid dienone is 1. The van der Waals surface area contributed by atoms with Crippen molar-refractivity contribution in [3.8, 4) is 0 Å². The minimum absolute atomic E-state index is 0.286. The monoisotopic (exact) mass is 198 g/mol. The largest absolute Gasteiger partial charge is 0.463 e. The summed E-state index contributed by atoms with van der Waals surface area (Å²) in [6, 6.07) is 0. The first-order chi connectivity index (χ1) is 6.70. The number of hydrogen-bond donors (Lipinski definition) is 0. The molecule has 0 aromatic rings. The maximum absolute atomic E-state index is 10.9. The minimum Gasteiger partial charge on any atom is -0.463 e. The van der Waals surface area contributed by atoms with Gasteiger partial charge in [0.2, 0.25) is 0 Å². The van der Waals surface area contributed by atoms with Gasteiger partial charge in [-0.1, -0.05) is 6.92 Å². The quantitative estimate of drug-likeness (QED) is 0.382. The smallest absolute Gasteiger partial charge is 0.335 e. The van der Waals surface area contributed by atoms with E-state index in [4.69, 9.17) is 0 Å². The summed E-state index contributed by atoms with van der Waals surface area (Å²) < 4.78 is 9.16. The Kier molecular flexibility index (Phi) is 7.13. The van der Waals surface area contributed by atoms with Crippen LogP contribution in [0.2, 0.25) is 0 Å². The second-order valence-corrected chi connectivity index (χ2v) is 2.30. The third-order valence-corrected chi connectivity index (χ3v) is 1.16. The highest BCUT2D eigenvalue weighted by atomic mass is 16.5. The molecule has 0 aromatic carbocycles. The van der Waals surface area contributed by atoms with E-state index in [0.717, 1.165) is 18.6 Å². The highest BCUT2D eigenvalue weighted by molar-refractivity contribution is 5.91. The predicted molar refractivity (Wildman–Crippen MR) is 51.3 cm³/mol. The van der Waals surface area contributed by atoms with Gasteiger partial charge in [0.15, 0.2) is 0 Å². The molecule has 0 fully saturated rings. The van der Waals surface area contributed by atoms with Gasteiger partial charge in [0.1, 0.15) is 0 Å². The molecule has 0 atom stereocenters. The van der Waals surface area contributed by atoms with Gasteiger partial charge in [0.05, 0.1) is 12.9 Å². The van der Waals surface area contributed by atoms with E-state index in [1.165, 1.54) is 6.26 Å². The van der Waals surface area contributed by atoms with Crippen LogP contribution in [0.25, 0.3) is 0 Å². The van der Waals surface area contributed by atoms with Crippen molar-refractivity contribution in [2.45, 2.75) is 20.3 Å². The van der Waals surface area contributed by atoms with Crippen LogP contribution in [-0.4, -0.2) is 18.5 Å². The molecular weight excluding hydrogens is 184 g/mol. The van der Waals surface area contributed by atoms with Crippen molar-refractivity contribution in [2.24, 2.45) is 0 Å². The van der Waals surface area contributed by atoms with Gasteiger partial charge in [0, 0.05) is 12.2 Å². The van der Waals surface area contributed by atoms with E-state index in [1.807, 2.05) is 6.92 Å². The van der Waals surface area contributed by atoms with E-state index < -0.39 is 11.9 Å². The standard InChI is InChI=1S/C10H14O4/c1-3-5-8-14-10(12)7-6-9(11)13-4-2/h5-8H,3-4H2,1-2H3/b7-6-,8-5?. The lowest BCUT2D eigenvalue weighted by atomic mass is 10.5. The van der Waals surface area contributed by atoms with Gasteiger partial charge in [0.25, 0.3) is 0 Å². The topological polar surface area (TPSA) is 52.6 Å². The van der Waals surface area contributed by atoms with Gasteiger partial charge in [-0.15, -0.1) is 0 Å². The van der Waals surface area contributed by atoms with E-state index >= 15 is 0 Å². The predicted octanol–water partition coefficient (Wildman–Crippen LogP) is 1.57. The minimum atomic E-state index is -0.595. The lowest BCUT2D eigenvalue weighted by Gasteiger charge is -1.94. The van der Waals surface area contributed by atoms with Gasteiger partial charge in [-0.2, -0.15) is 0 Å². The number of esters is 2. The summed E-state index contributed by atoms with van der Waals surface area (Å²) in [5.74, 6) is -1.15. The Bertz CT molecular complexity index is 241. The lowest BCUT2D eigenvalue weighted by Crippen LogP contribution is -2.01. The molecule has 0 aliphatic rings. The fourth-order valence-corrected chi connectivity index (χ4v) is 0.577. The van der Waals surface area contributed by atoms with Crippen molar-refractivity contribution in [1.82, 2.24) is 0 Å². The van der Waals surface area contributed by atoms with Crippen molar-refractivity contribution >= 4 is 11.9 Å². The van der Waals surface area contributed by atoms with Crippen LogP contribution >= 0.6 is 0 Å². The zero-order valence-corrected chi connectivity index (χ0v) is 8.36. The summed E-state index contributed by atoms with van der Waals surface area (Å²) in [6.07, 6.45) is 5.83. The Morgan fingerprint density at radius 3 is 2.36 bits per heavy atom. The van der Waals surface area contributed by atoms with Crippen LogP contribution in [0.3, 0.4) is 0 Å². The van der Waals surface area contributed by atoms with Crippen LogP contribution in [-0.2, 0) is 19.1 Å². The molecule has 4 nitrogen and oxygen atoms in total. The van der Waals surface area contributed by atoms with Crippen LogP contribution in [0.5, 0.6) is 0 Å². The van der Waals surface area contributed by atoms with E-state index in [-0.39, 0.29) is 6.61 Å². The zero-order chi connectivity index (χ0) is 10.8. The molecule has 0 heterocycles. The fraction of sp³-hybridized carbons (Fsp3) is 0.400. The second kappa shape index (κ2) is 8.04. The molecule has 0 spiro atoms. The van der Waals surface area contributed by atoms with Crippen molar-refractivity contribution < 1.29 is 19.1 Å². The molecule has 0 unspecified atom stereocenters. The first-order valence-electron chi connectivity index (χ1n) is 4.41. The summed E-state index contributed by atoms with van der Waals surface area (Å²) in [5, 5.41) is 0. The molecule has 0 rings (SSSR count). The molecule has 0 N–H and O–H groups in total.